The van der Waals surface area contributed by atoms with Gasteiger partial charge in [-0.3, -0.25) is 14.5 Å². The first-order valence-electron chi connectivity index (χ1n) is 8.57. The summed E-state index contributed by atoms with van der Waals surface area (Å²) in [5.41, 5.74) is 0. The van der Waals surface area contributed by atoms with Gasteiger partial charge in [0.05, 0.1) is 19.1 Å². The van der Waals surface area contributed by atoms with E-state index < -0.39 is 6.17 Å². The summed E-state index contributed by atoms with van der Waals surface area (Å²) in [5.74, 6) is 0.515. The SMILES string of the molecule is CN=C[C@@H]1C[C@H](F)CN1C(=O)CN[C@@H]1CC[C@H](Cn2cncn2)C1. The number of aliphatic imine (C=N–C) groups is 1. The summed E-state index contributed by atoms with van der Waals surface area (Å²) in [4.78, 5) is 21.9. The Morgan fingerprint density at radius 1 is 1.46 bits per heavy atom. The van der Waals surface area contributed by atoms with Crippen molar-refractivity contribution in [3.8, 4) is 0 Å². The number of halogens is 1. The van der Waals surface area contributed by atoms with E-state index in [2.05, 4.69) is 20.4 Å². The highest BCUT2D eigenvalue weighted by Gasteiger charge is 2.34. The lowest BCUT2D eigenvalue weighted by Gasteiger charge is -2.22. The molecule has 0 aromatic carbocycles. The Hall–Kier alpha value is -1.83. The lowest BCUT2D eigenvalue weighted by Crippen LogP contribution is -2.44. The van der Waals surface area contributed by atoms with E-state index in [1.807, 2.05) is 4.68 Å². The summed E-state index contributed by atoms with van der Waals surface area (Å²) in [6, 6.07) is 0.132. The molecule has 1 aliphatic carbocycles. The molecule has 24 heavy (non-hydrogen) atoms. The molecule has 7 nitrogen and oxygen atoms in total. The first-order chi connectivity index (χ1) is 11.7. The number of hydrogen-bond acceptors (Lipinski definition) is 5. The van der Waals surface area contributed by atoms with E-state index >= 15 is 0 Å². The maximum absolute atomic E-state index is 13.6. The zero-order chi connectivity index (χ0) is 16.9. The minimum atomic E-state index is -0.949. The monoisotopic (exact) mass is 336 g/mol. The van der Waals surface area contributed by atoms with E-state index in [0.29, 0.717) is 18.4 Å². The van der Waals surface area contributed by atoms with Gasteiger partial charge in [-0.15, -0.1) is 0 Å². The Bertz CT molecular complexity index is 563. The Balaban J connectivity index is 1.43. The number of carbonyl (C=O) groups is 1. The van der Waals surface area contributed by atoms with E-state index in [9.17, 15) is 9.18 Å². The molecule has 1 aromatic heterocycles. The van der Waals surface area contributed by atoms with Crippen LogP contribution in [-0.4, -0.2) is 70.2 Å². The van der Waals surface area contributed by atoms with E-state index in [4.69, 9.17) is 0 Å². The average Bonchev–Trinajstić information content (AvgIpc) is 3.28. The van der Waals surface area contributed by atoms with Crippen LogP contribution in [0.5, 0.6) is 0 Å². The molecule has 1 saturated heterocycles. The summed E-state index contributed by atoms with van der Waals surface area (Å²) in [7, 11) is 1.65. The van der Waals surface area contributed by atoms with E-state index in [1.54, 1.807) is 30.8 Å². The van der Waals surface area contributed by atoms with Crippen LogP contribution in [0.15, 0.2) is 17.6 Å². The first-order valence-corrected chi connectivity index (χ1v) is 8.57. The minimum Gasteiger partial charge on any atom is -0.331 e. The van der Waals surface area contributed by atoms with Crippen molar-refractivity contribution in [2.75, 3.05) is 20.1 Å². The maximum atomic E-state index is 13.6. The molecule has 1 amide bonds. The maximum Gasteiger partial charge on any atom is 0.237 e. The molecule has 2 heterocycles. The van der Waals surface area contributed by atoms with Gasteiger partial charge in [0.15, 0.2) is 0 Å². The van der Waals surface area contributed by atoms with Crippen LogP contribution >= 0.6 is 0 Å². The second-order valence-electron chi connectivity index (χ2n) is 6.73. The Kier molecular flexibility index (Phi) is 5.55. The molecule has 8 heteroatoms. The van der Waals surface area contributed by atoms with Gasteiger partial charge in [0, 0.05) is 32.3 Å². The van der Waals surface area contributed by atoms with Crippen LogP contribution < -0.4 is 5.32 Å². The van der Waals surface area contributed by atoms with Gasteiger partial charge >= 0.3 is 0 Å². The lowest BCUT2D eigenvalue weighted by atomic mass is 10.1. The number of carbonyl (C=O) groups excluding carboxylic acids is 1. The smallest absolute Gasteiger partial charge is 0.237 e. The normalized spacial score (nSPS) is 30.5. The summed E-state index contributed by atoms with van der Waals surface area (Å²) >= 11 is 0. The molecular formula is C16H25FN6O. The quantitative estimate of drug-likeness (QED) is 0.775. The molecule has 1 saturated carbocycles. The van der Waals surface area contributed by atoms with Crippen molar-refractivity contribution in [2.24, 2.45) is 10.9 Å². The Morgan fingerprint density at radius 3 is 3.08 bits per heavy atom. The van der Waals surface area contributed by atoms with E-state index in [-0.39, 0.29) is 25.0 Å². The van der Waals surface area contributed by atoms with Crippen LogP contribution in [0.25, 0.3) is 0 Å². The van der Waals surface area contributed by atoms with Crippen LogP contribution in [0.2, 0.25) is 0 Å². The zero-order valence-corrected chi connectivity index (χ0v) is 14.0. The molecule has 0 radical (unpaired) electrons. The number of nitrogens with one attached hydrogen (secondary N) is 1. The van der Waals surface area contributed by atoms with E-state index in [1.165, 1.54) is 0 Å². The van der Waals surface area contributed by atoms with Gasteiger partial charge in [-0.05, 0) is 25.2 Å². The third-order valence-corrected chi connectivity index (χ3v) is 4.93. The third-order valence-electron chi connectivity index (χ3n) is 4.93. The fourth-order valence-electron chi connectivity index (χ4n) is 3.76. The van der Waals surface area contributed by atoms with Crippen molar-refractivity contribution in [1.29, 1.82) is 0 Å². The van der Waals surface area contributed by atoms with Crippen molar-refractivity contribution in [2.45, 2.75) is 50.5 Å². The number of hydrogen-bond donors (Lipinski definition) is 1. The number of rotatable bonds is 6. The van der Waals surface area contributed by atoms with Gasteiger partial charge in [-0.1, -0.05) is 0 Å². The van der Waals surface area contributed by atoms with Crippen molar-refractivity contribution in [1.82, 2.24) is 25.0 Å². The lowest BCUT2D eigenvalue weighted by molar-refractivity contribution is -0.130. The first kappa shape index (κ1) is 17.0. The molecule has 1 N–H and O–H groups in total. The standard InChI is InChI=1S/C16H25FN6O/c1-18-6-15-5-13(17)9-23(15)16(24)7-20-14-3-2-12(4-14)8-22-11-19-10-21-22/h6,10-15,20H,2-5,7-9H2,1H3/t12-,13-,14+,15-/m0/s1. The predicted molar refractivity (Wildman–Crippen MR) is 88.6 cm³/mol. The molecule has 1 aromatic rings. The molecule has 0 spiro atoms. The number of aromatic nitrogens is 3. The number of nitrogens with zero attached hydrogens (tertiary/aromatic N) is 5. The Morgan fingerprint density at radius 2 is 2.33 bits per heavy atom. The fourth-order valence-corrected chi connectivity index (χ4v) is 3.76. The van der Waals surface area contributed by atoms with Crippen LogP contribution in [0.4, 0.5) is 4.39 Å². The molecule has 0 bridgehead atoms. The molecule has 0 unspecified atom stereocenters. The molecule has 3 rings (SSSR count). The van der Waals surface area contributed by atoms with Crippen LogP contribution in [0.3, 0.4) is 0 Å². The van der Waals surface area contributed by atoms with Crippen LogP contribution in [0.1, 0.15) is 25.7 Å². The highest BCUT2D eigenvalue weighted by Crippen LogP contribution is 2.27. The highest BCUT2D eigenvalue weighted by molar-refractivity contribution is 5.83. The molecule has 2 fully saturated rings. The minimum absolute atomic E-state index is 0.0419. The largest absolute Gasteiger partial charge is 0.331 e. The van der Waals surface area contributed by atoms with E-state index in [0.717, 1.165) is 25.8 Å². The van der Waals surface area contributed by atoms with Gasteiger partial charge < -0.3 is 10.2 Å². The van der Waals surface area contributed by atoms with Crippen molar-refractivity contribution >= 4 is 12.1 Å². The Labute approximate surface area is 141 Å². The van der Waals surface area contributed by atoms with Gasteiger partial charge in [-0.2, -0.15) is 5.10 Å². The van der Waals surface area contributed by atoms with Gasteiger partial charge in [-0.25, -0.2) is 9.37 Å². The second-order valence-corrected chi connectivity index (χ2v) is 6.73. The molecular weight excluding hydrogens is 311 g/mol. The highest BCUT2D eigenvalue weighted by atomic mass is 19.1. The number of likely N-dealkylation sites (tertiary alicyclic amines) is 1. The van der Waals surface area contributed by atoms with Gasteiger partial charge in [0.25, 0.3) is 0 Å². The number of alkyl halides is 1. The second kappa shape index (κ2) is 7.83. The molecule has 132 valence electrons. The van der Waals surface area contributed by atoms with Crippen molar-refractivity contribution < 1.29 is 9.18 Å². The van der Waals surface area contributed by atoms with Crippen molar-refractivity contribution in [3.63, 3.8) is 0 Å². The predicted octanol–water partition coefficient (Wildman–Crippen LogP) is 0.676. The summed E-state index contributed by atoms with van der Waals surface area (Å²) < 4.78 is 15.5. The number of amides is 1. The fraction of sp³-hybridized carbons (Fsp3) is 0.750. The summed E-state index contributed by atoms with van der Waals surface area (Å²) in [6.45, 7) is 1.31. The van der Waals surface area contributed by atoms with Crippen LogP contribution in [0, 0.1) is 5.92 Å². The van der Waals surface area contributed by atoms with Crippen LogP contribution in [-0.2, 0) is 11.3 Å². The topological polar surface area (TPSA) is 75.4 Å². The third kappa shape index (κ3) is 4.17. The molecule has 2 aliphatic rings. The molecule has 4 atom stereocenters. The summed E-state index contributed by atoms with van der Waals surface area (Å²) in [6.07, 6.45) is 7.56. The van der Waals surface area contributed by atoms with Gasteiger partial charge in [0.1, 0.15) is 18.8 Å². The van der Waals surface area contributed by atoms with Crippen molar-refractivity contribution in [3.05, 3.63) is 12.7 Å². The zero-order valence-electron chi connectivity index (χ0n) is 14.0. The van der Waals surface area contributed by atoms with Gasteiger partial charge in [0.2, 0.25) is 5.91 Å². The molecule has 1 aliphatic heterocycles. The summed E-state index contributed by atoms with van der Waals surface area (Å²) in [5, 5.41) is 7.48. The average molecular weight is 336 g/mol.